The van der Waals surface area contributed by atoms with Crippen molar-refractivity contribution >= 4 is 67.2 Å². The Morgan fingerprint density at radius 3 is 2.68 bits per heavy atom. The number of fused-ring (bicyclic) bond motifs is 2. The van der Waals surface area contributed by atoms with Gasteiger partial charge in [0.15, 0.2) is 23.9 Å². The molecule has 6 aromatic rings. The summed E-state index contributed by atoms with van der Waals surface area (Å²) in [7, 11) is 1.49. The molecule has 0 saturated carbocycles. The molecule has 0 unspecified atom stereocenters. The van der Waals surface area contributed by atoms with Crippen LogP contribution in [0.5, 0.6) is 11.5 Å². The van der Waals surface area contributed by atoms with Gasteiger partial charge in [-0.2, -0.15) is 9.78 Å². The van der Waals surface area contributed by atoms with Gasteiger partial charge in [0.05, 0.1) is 28.7 Å². The molecule has 6 rings (SSSR count). The summed E-state index contributed by atoms with van der Waals surface area (Å²) in [6.45, 7) is 1.74. The summed E-state index contributed by atoms with van der Waals surface area (Å²) in [5, 5.41) is 9.04. The van der Waals surface area contributed by atoms with Gasteiger partial charge in [-0.25, -0.2) is 4.98 Å². The number of methoxy groups -OCH3 is 1. The highest BCUT2D eigenvalue weighted by Crippen LogP contribution is 2.36. The van der Waals surface area contributed by atoms with Crippen molar-refractivity contribution in [1.82, 2.24) is 9.66 Å². The van der Waals surface area contributed by atoms with E-state index in [0.717, 1.165) is 10.9 Å². The summed E-state index contributed by atoms with van der Waals surface area (Å²) in [5.41, 5.74) is 3.09. The number of hydrogen-bond acceptors (Lipinski definition) is 7. The Hall–Kier alpha value is -4.93. The van der Waals surface area contributed by atoms with Crippen molar-refractivity contribution in [2.45, 2.75) is 6.92 Å². The highest BCUT2D eigenvalue weighted by Gasteiger charge is 2.18. The third-order valence-corrected chi connectivity index (χ3v) is 7.53. The van der Waals surface area contributed by atoms with E-state index in [2.05, 4.69) is 26.3 Å². The molecule has 1 amide bonds. The first-order valence-electron chi connectivity index (χ1n) is 13.4. The minimum atomic E-state index is -0.370. The lowest BCUT2D eigenvalue weighted by Gasteiger charge is -2.13. The van der Waals surface area contributed by atoms with E-state index in [1.54, 1.807) is 54.6 Å². The maximum Gasteiger partial charge on any atom is 0.282 e. The molecule has 0 aliphatic rings. The Morgan fingerprint density at radius 2 is 1.89 bits per heavy atom. The van der Waals surface area contributed by atoms with Crippen LogP contribution >= 0.6 is 27.5 Å². The molecular formula is C33H24BrClN4O5. The van der Waals surface area contributed by atoms with Crippen LogP contribution in [0.2, 0.25) is 5.02 Å². The number of nitrogens with one attached hydrogen (secondary N) is 1. The average Bonchev–Trinajstić information content (AvgIpc) is 3.44. The number of halogens is 2. The fourth-order valence-corrected chi connectivity index (χ4v) is 5.32. The molecule has 4 aromatic carbocycles. The van der Waals surface area contributed by atoms with Crippen molar-refractivity contribution in [2.75, 3.05) is 19.0 Å². The molecule has 11 heteroatoms. The van der Waals surface area contributed by atoms with Crippen LogP contribution in [0.3, 0.4) is 0 Å². The number of aromatic nitrogens is 2. The van der Waals surface area contributed by atoms with Crippen LogP contribution in [-0.4, -0.2) is 35.5 Å². The number of ether oxygens (including phenoxy) is 2. The van der Waals surface area contributed by atoms with Crippen LogP contribution in [0.1, 0.15) is 11.1 Å². The monoisotopic (exact) mass is 670 g/mol. The Kier molecular flexibility index (Phi) is 8.19. The predicted molar refractivity (Wildman–Crippen MR) is 175 cm³/mol. The maximum absolute atomic E-state index is 13.6. The summed E-state index contributed by atoms with van der Waals surface area (Å²) in [6.07, 6.45) is 1.50. The third-order valence-electron chi connectivity index (χ3n) is 6.71. The van der Waals surface area contributed by atoms with E-state index >= 15 is 0 Å². The molecule has 2 aromatic heterocycles. The molecule has 0 bridgehead atoms. The lowest BCUT2D eigenvalue weighted by atomic mass is 10.2. The van der Waals surface area contributed by atoms with Gasteiger partial charge >= 0.3 is 0 Å². The van der Waals surface area contributed by atoms with Crippen molar-refractivity contribution in [1.29, 1.82) is 0 Å². The van der Waals surface area contributed by atoms with Gasteiger partial charge in [-0.15, -0.1) is 0 Å². The fourth-order valence-electron chi connectivity index (χ4n) is 4.57. The minimum Gasteiger partial charge on any atom is -0.493 e. The topological polar surface area (TPSA) is 108 Å². The number of amides is 1. The summed E-state index contributed by atoms with van der Waals surface area (Å²) >= 11 is 9.68. The quantitative estimate of drug-likeness (QED) is 0.169. The second-order valence-corrected chi connectivity index (χ2v) is 11.1. The largest absolute Gasteiger partial charge is 0.493 e. The molecule has 1 N–H and O–H groups in total. The van der Waals surface area contributed by atoms with Crippen molar-refractivity contribution < 1.29 is 18.7 Å². The normalized spacial score (nSPS) is 11.4. The molecule has 220 valence electrons. The lowest BCUT2D eigenvalue weighted by molar-refractivity contribution is -0.118. The number of carbonyl (C=O) groups is 1. The van der Waals surface area contributed by atoms with E-state index in [1.807, 2.05) is 37.3 Å². The van der Waals surface area contributed by atoms with E-state index in [1.165, 1.54) is 18.0 Å². The van der Waals surface area contributed by atoms with Gasteiger partial charge in [-0.05, 0) is 89.1 Å². The first-order valence-corrected chi connectivity index (χ1v) is 14.6. The maximum atomic E-state index is 13.6. The molecule has 44 heavy (non-hydrogen) atoms. The Balaban J connectivity index is 1.31. The number of hydrogen-bond donors (Lipinski definition) is 1. The highest BCUT2D eigenvalue weighted by atomic mass is 79.9. The molecule has 2 heterocycles. The van der Waals surface area contributed by atoms with Gasteiger partial charge in [0.1, 0.15) is 5.58 Å². The first kappa shape index (κ1) is 29.2. The number of benzene rings is 4. The van der Waals surface area contributed by atoms with Crippen LogP contribution < -0.4 is 20.3 Å². The number of nitrogens with zero attached hydrogens (tertiary/aromatic N) is 3. The minimum absolute atomic E-state index is 0.225. The van der Waals surface area contributed by atoms with E-state index in [0.29, 0.717) is 54.5 Å². The predicted octanol–water partition coefficient (Wildman–Crippen LogP) is 7.44. The first-order chi connectivity index (χ1) is 21.3. The van der Waals surface area contributed by atoms with Crippen LogP contribution in [0.4, 0.5) is 5.69 Å². The van der Waals surface area contributed by atoms with E-state index in [-0.39, 0.29) is 23.9 Å². The van der Waals surface area contributed by atoms with Crippen LogP contribution in [0.15, 0.2) is 104 Å². The number of aryl methyl sites for hydroxylation is 1. The number of para-hydroxylation sites is 1. The lowest BCUT2D eigenvalue weighted by Crippen LogP contribution is -2.20. The van der Waals surface area contributed by atoms with Gasteiger partial charge in [0.2, 0.25) is 5.82 Å². The van der Waals surface area contributed by atoms with Crippen LogP contribution in [-0.2, 0) is 4.79 Å². The second-order valence-electron chi connectivity index (χ2n) is 9.84. The van der Waals surface area contributed by atoms with E-state index < -0.39 is 0 Å². The highest BCUT2D eigenvalue weighted by molar-refractivity contribution is 9.10. The molecule has 0 atom stereocenters. The molecule has 0 fully saturated rings. The summed E-state index contributed by atoms with van der Waals surface area (Å²) < 4.78 is 19.1. The van der Waals surface area contributed by atoms with E-state index in [9.17, 15) is 9.59 Å². The standard InChI is InChI=1S/C33H24BrClN4O5/c1-19-7-10-23(11-8-19)37-30(40)18-43-31-25(34)13-20(14-28(31)42-2)17-36-39-32(38-26-6-4-3-5-24(26)33(39)41)29-16-21-15-22(35)9-12-27(21)44-29/h3-17H,18H2,1-2H3,(H,37,40). The molecule has 9 nitrogen and oxygen atoms in total. The molecule has 0 aliphatic carbocycles. The van der Waals surface area contributed by atoms with Crippen molar-refractivity contribution in [3.8, 4) is 23.1 Å². The number of anilines is 1. The Labute approximate surface area is 264 Å². The van der Waals surface area contributed by atoms with Crippen molar-refractivity contribution in [3.63, 3.8) is 0 Å². The summed E-state index contributed by atoms with van der Waals surface area (Å²) in [4.78, 5) is 30.8. The van der Waals surface area contributed by atoms with Gasteiger partial charge in [-0.1, -0.05) is 41.4 Å². The van der Waals surface area contributed by atoms with Crippen LogP contribution in [0.25, 0.3) is 33.5 Å². The fraction of sp³-hybridized carbons (Fsp3) is 0.0909. The second kappa shape index (κ2) is 12.4. The van der Waals surface area contributed by atoms with Gasteiger partial charge in [0, 0.05) is 16.1 Å². The SMILES string of the molecule is COc1cc(C=Nn2c(-c3cc4cc(Cl)ccc4o3)nc3ccccc3c2=O)cc(Br)c1OCC(=O)Nc1ccc(C)cc1. The summed E-state index contributed by atoms with van der Waals surface area (Å²) in [5.74, 6) is 0.964. The van der Waals surface area contributed by atoms with Crippen molar-refractivity contribution in [3.05, 3.63) is 116 Å². The van der Waals surface area contributed by atoms with Gasteiger partial charge in [0.25, 0.3) is 11.5 Å². The van der Waals surface area contributed by atoms with Crippen LogP contribution in [0, 0.1) is 6.92 Å². The average molecular weight is 672 g/mol. The third kappa shape index (κ3) is 6.08. The summed E-state index contributed by atoms with van der Waals surface area (Å²) in [6, 6.07) is 24.9. The molecule has 0 aliphatic heterocycles. The smallest absolute Gasteiger partial charge is 0.282 e. The van der Waals surface area contributed by atoms with Gasteiger partial charge in [-0.3, -0.25) is 9.59 Å². The molecule has 0 spiro atoms. The Morgan fingerprint density at radius 1 is 1.09 bits per heavy atom. The molecule has 0 saturated heterocycles. The number of rotatable bonds is 8. The van der Waals surface area contributed by atoms with Crippen molar-refractivity contribution in [2.24, 2.45) is 5.10 Å². The number of furan rings is 1. The number of carbonyl (C=O) groups excluding carboxylic acids is 1. The zero-order valence-corrected chi connectivity index (χ0v) is 25.8. The molecular weight excluding hydrogens is 648 g/mol. The zero-order valence-electron chi connectivity index (χ0n) is 23.5. The Bertz CT molecular complexity index is 2120. The molecule has 0 radical (unpaired) electrons. The van der Waals surface area contributed by atoms with Gasteiger partial charge < -0.3 is 19.2 Å². The van der Waals surface area contributed by atoms with E-state index in [4.69, 9.17) is 30.5 Å². The zero-order chi connectivity index (χ0) is 30.8.